The third-order valence-electron chi connectivity index (χ3n) is 3.89. The molecule has 1 aromatic heterocycles. The first-order chi connectivity index (χ1) is 12.4. The highest BCUT2D eigenvalue weighted by atomic mass is 16.5. The van der Waals surface area contributed by atoms with Crippen LogP contribution in [0.25, 0.3) is 0 Å². The van der Waals surface area contributed by atoms with Gasteiger partial charge in [-0.3, -0.25) is 19.6 Å². The van der Waals surface area contributed by atoms with Gasteiger partial charge in [0.2, 0.25) is 0 Å². The minimum atomic E-state index is -0.691. The number of aromatic nitrogens is 2. The average molecular weight is 358 g/mol. The van der Waals surface area contributed by atoms with Crippen LogP contribution in [0, 0.1) is 13.8 Å². The van der Waals surface area contributed by atoms with Gasteiger partial charge in [-0.25, -0.2) is 4.79 Å². The maximum atomic E-state index is 11.9. The Hall–Kier alpha value is -3.16. The normalized spacial score (nSPS) is 10.3. The van der Waals surface area contributed by atoms with Gasteiger partial charge in [0.15, 0.2) is 6.61 Å². The molecule has 2 rings (SSSR count). The van der Waals surface area contributed by atoms with Gasteiger partial charge in [0.05, 0.1) is 12.1 Å². The van der Waals surface area contributed by atoms with Crippen molar-refractivity contribution < 1.29 is 19.1 Å². The predicted molar refractivity (Wildman–Crippen MR) is 94.2 cm³/mol. The Morgan fingerprint density at radius 1 is 1.15 bits per heavy atom. The first-order valence-electron chi connectivity index (χ1n) is 8.13. The molecule has 26 heavy (non-hydrogen) atoms. The predicted octanol–water partition coefficient (Wildman–Crippen LogP) is 1.15. The molecule has 0 bridgehead atoms. The van der Waals surface area contributed by atoms with Crippen molar-refractivity contribution in [1.82, 2.24) is 20.4 Å². The fourth-order valence-corrected chi connectivity index (χ4v) is 2.40. The van der Waals surface area contributed by atoms with Crippen LogP contribution < -0.4 is 10.6 Å². The number of hydrogen-bond donors (Lipinski definition) is 2. The lowest BCUT2D eigenvalue weighted by atomic mass is 10.1. The Labute approximate surface area is 151 Å². The third-order valence-corrected chi connectivity index (χ3v) is 3.89. The van der Waals surface area contributed by atoms with Gasteiger partial charge >= 0.3 is 12.0 Å². The molecule has 0 fully saturated rings. The molecule has 0 radical (unpaired) electrons. The summed E-state index contributed by atoms with van der Waals surface area (Å²) in [6, 6.07) is 8.64. The second-order valence-corrected chi connectivity index (χ2v) is 5.83. The van der Waals surface area contributed by atoms with E-state index >= 15 is 0 Å². The monoisotopic (exact) mass is 358 g/mol. The van der Waals surface area contributed by atoms with Crippen LogP contribution in [0.1, 0.15) is 22.5 Å². The number of benzene rings is 1. The molecule has 8 heteroatoms. The van der Waals surface area contributed by atoms with E-state index in [4.69, 9.17) is 4.74 Å². The molecule has 2 N–H and O–H groups in total. The van der Waals surface area contributed by atoms with E-state index in [2.05, 4.69) is 15.7 Å². The molecule has 0 atom stereocenters. The fraction of sp³-hybridized carbons (Fsp3) is 0.333. The van der Waals surface area contributed by atoms with E-state index < -0.39 is 24.5 Å². The van der Waals surface area contributed by atoms with Gasteiger partial charge < -0.3 is 10.1 Å². The molecule has 3 amide bonds. The number of nitrogens with zero attached hydrogens (tertiary/aromatic N) is 2. The first-order valence-corrected chi connectivity index (χ1v) is 8.13. The number of imide groups is 1. The van der Waals surface area contributed by atoms with Crippen molar-refractivity contribution in [3.63, 3.8) is 0 Å². The Bertz CT molecular complexity index is 799. The first kappa shape index (κ1) is 19.2. The Morgan fingerprint density at radius 2 is 1.85 bits per heavy atom. The van der Waals surface area contributed by atoms with Crippen LogP contribution in [0.2, 0.25) is 0 Å². The van der Waals surface area contributed by atoms with Crippen LogP contribution in [-0.4, -0.2) is 34.3 Å². The summed E-state index contributed by atoms with van der Waals surface area (Å²) >= 11 is 0. The molecule has 0 saturated heterocycles. The molecule has 138 valence electrons. The van der Waals surface area contributed by atoms with E-state index in [0.29, 0.717) is 6.54 Å². The van der Waals surface area contributed by atoms with Crippen LogP contribution in [-0.2, 0) is 34.3 Å². The van der Waals surface area contributed by atoms with Gasteiger partial charge in [-0.15, -0.1) is 0 Å². The molecule has 0 aliphatic carbocycles. The SMILES string of the molecule is Cc1nn(C)c(C)c1CC(=O)OCC(=O)NC(=O)NCc1ccccc1. The largest absolute Gasteiger partial charge is 0.455 e. The number of nitrogens with one attached hydrogen (secondary N) is 2. The highest BCUT2D eigenvalue weighted by Crippen LogP contribution is 2.12. The fourth-order valence-electron chi connectivity index (χ4n) is 2.40. The van der Waals surface area contributed by atoms with E-state index in [-0.39, 0.29) is 6.42 Å². The summed E-state index contributed by atoms with van der Waals surface area (Å²) in [5, 5.41) is 8.89. The lowest BCUT2D eigenvalue weighted by Crippen LogP contribution is -2.41. The lowest BCUT2D eigenvalue weighted by molar-refractivity contribution is -0.147. The zero-order valence-corrected chi connectivity index (χ0v) is 15.0. The van der Waals surface area contributed by atoms with E-state index in [0.717, 1.165) is 22.5 Å². The summed E-state index contributed by atoms with van der Waals surface area (Å²) in [7, 11) is 1.79. The van der Waals surface area contributed by atoms with Crippen LogP contribution >= 0.6 is 0 Å². The Morgan fingerprint density at radius 3 is 2.46 bits per heavy atom. The van der Waals surface area contributed by atoms with Gasteiger partial charge in [0.1, 0.15) is 0 Å². The molecule has 0 saturated carbocycles. The van der Waals surface area contributed by atoms with E-state index in [1.807, 2.05) is 37.3 Å². The number of aryl methyl sites for hydroxylation is 2. The minimum Gasteiger partial charge on any atom is -0.455 e. The molecule has 1 aromatic carbocycles. The van der Waals surface area contributed by atoms with Crippen molar-refractivity contribution >= 4 is 17.9 Å². The lowest BCUT2D eigenvalue weighted by Gasteiger charge is -2.08. The van der Waals surface area contributed by atoms with Crippen LogP contribution in [0.5, 0.6) is 0 Å². The molecule has 8 nitrogen and oxygen atoms in total. The molecule has 0 spiro atoms. The Balaban J connectivity index is 1.72. The second kappa shape index (κ2) is 8.80. The molecule has 0 unspecified atom stereocenters. The van der Waals surface area contributed by atoms with Gasteiger partial charge in [-0.05, 0) is 19.4 Å². The summed E-state index contributed by atoms with van der Waals surface area (Å²) < 4.78 is 6.60. The zero-order valence-electron chi connectivity index (χ0n) is 15.0. The average Bonchev–Trinajstić information content (AvgIpc) is 2.85. The third kappa shape index (κ3) is 5.44. The van der Waals surface area contributed by atoms with Crippen molar-refractivity contribution in [2.45, 2.75) is 26.8 Å². The summed E-state index contributed by atoms with van der Waals surface area (Å²) in [6.07, 6.45) is 0.0268. The summed E-state index contributed by atoms with van der Waals surface area (Å²) in [5.41, 5.74) is 3.29. The number of amides is 3. The van der Waals surface area contributed by atoms with Crippen LogP contribution in [0.3, 0.4) is 0 Å². The maximum absolute atomic E-state index is 11.9. The highest BCUT2D eigenvalue weighted by Gasteiger charge is 2.16. The van der Waals surface area contributed by atoms with Gasteiger partial charge in [-0.2, -0.15) is 5.10 Å². The number of urea groups is 1. The van der Waals surface area contributed by atoms with Crippen LogP contribution in [0.4, 0.5) is 4.79 Å². The number of rotatable bonds is 6. The molecule has 1 heterocycles. The topological polar surface area (TPSA) is 102 Å². The van der Waals surface area contributed by atoms with Crippen molar-refractivity contribution in [2.24, 2.45) is 7.05 Å². The number of hydrogen-bond acceptors (Lipinski definition) is 5. The molecule has 0 aliphatic rings. The number of carbonyl (C=O) groups excluding carboxylic acids is 3. The van der Waals surface area contributed by atoms with Crippen LogP contribution in [0.15, 0.2) is 30.3 Å². The minimum absolute atomic E-state index is 0.0268. The van der Waals surface area contributed by atoms with Crippen molar-refractivity contribution in [3.8, 4) is 0 Å². The van der Waals surface area contributed by atoms with Gasteiger partial charge in [0.25, 0.3) is 5.91 Å². The zero-order chi connectivity index (χ0) is 19.1. The van der Waals surface area contributed by atoms with E-state index in [1.165, 1.54) is 0 Å². The number of esters is 1. The Kier molecular flexibility index (Phi) is 6.48. The highest BCUT2D eigenvalue weighted by molar-refractivity contribution is 5.95. The summed E-state index contributed by atoms with van der Waals surface area (Å²) in [4.78, 5) is 35.2. The number of carbonyl (C=O) groups is 3. The van der Waals surface area contributed by atoms with Crippen molar-refractivity contribution in [1.29, 1.82) is 0 Å². The molecule has 0 aliphatic heterocycles. The molecular weight excluding hydrogens is 336 g/mol. The maximum Gasteiger partial charge on any atom is 0.321 e. The van der Waals surface area contributed by atoms with Gasteiger partial charge in [0, 0.05) is 24.8 Å². The second-order valence-electron chi connectivity index (χ2n) is 5.83. The molecule has 2 aromatic rings. The summed E-state index contributed by atoms with van der Waals surface area (Å²) in [6.45, 7) is 3.43. The standard InChI is InChI=1S/C18H22N4O4/c1-12-15(13(2)22(3)21-12)9-17(24)26-11-16(23)20-18(25)19-10-14-7-5-4-6-8-14/h4-8H,9-11H2,1-3H3,(H2,19,20,23,25). The van der Waals surface area contributed by atoms with Crippen molar-refractivity contribution in [2.75, 3.05) is 6.61 Å². The smallest absolute Gasteiger partial charge is 0.321 e. The molecular formula is C18H22N4O4. The van der Waals surface area contributed by atoms with Gasteiger partial charge in [-0.1, -0.05) is 30.3 Å². The van der Waals surface area contributed by atoms with E-state index in [9.17, 15) is 14.4 Å². The number of ether oxygens (including phenoxy) is 1. The quantitative estimate of drug-likeness (QED) is 0.754. The summed E-state index contributed by atoms with van der Waals surface area (Å²) in [5.74, 6) is -1.24. The van der Waals surface area contributed by atoms with E-state index in [1.54, 1.807) is 18.7 Å². The van der Waals surface area contributed by atoms with Crippen molar-refractivity contribution in [3.05, 3.63) is 52.8 Å².